The van der Waals surface area contributed by atoms with E-state index in [0.717, 1.165) is 6.42 Å². The topological polar surface area (TPSA) is 94.2 Å². The Morgan fingerprint density at radius 1 is 0.973 bits per heavy atom. The van der Waals surface area contributed by atoms with E-state index in [2.05, 4.69) is 32.7 Å². The summed E-state index contributed by atoms with van der Waals surface area (Å²) in [5.41, 5.74) is 1.12. The van der Waals surface area contributed by atoms with E-state index >= 15 is 0 Å². The second-order valence-electron chi connectivity index (χ2n) is 10.2. The molecule has 0 aliphatic carbocycles. The van der Waals surface area contributed by atoms with Crippen molar-refractivity contribution >= 4 is 18.0 Å². The summed E-state index contributed by atoms with van der Waals surface area (Å²) < 4.78 is 16.5. The van der Waals surface area contributed by atoms with E-state index in [1.54, 1.807) is 53.4 Å². The molecule has 0 aromatic heterocycles. The largest absolute Gasteiger partial charge is 0.490 e. The summed E-state index contributed by atoms with van der Waals surface area (Å²) >= 11 is 0. The third kappa shape index (κ3) is 8.97. The second kappa shape index (κ2) is 12.9. The molecule has 37 heavy (non-hydrogen) atoms. The fraction of sp³-hybridized carbons (Fsp3) is 0.414. The minimum atomic E-state index is -0.428. The third-order valence-electron chi connectivity index (χ3n) is 5.91. The molecule has 1 saturated heterocycles. The van der Waals surface area contributed by atoms with Crippen LogP contribution in [0.4, 0.5) is 4.79 Å². The summed E-state index contributed by atoms with van der Waals surface area (Å²) in [5.74, 6) is 0.490. The average Bonchev–Trinajstić information content (AvgIpc) is 2.87. The number of hydrogen-bond acceptors (Lipinski definition) is 6. The van der Waals surface area contributed by atoms with E-state index < -0.39 is 12.1 Å². The van der Waals surface area contributed by atoms with Gasteiger partial charge in [-0.2, -0.15) is 0 Å². The number of carbonyl (C=O) groups excluding carboxylic acids is 3. The third-order valence-corrected chi connectivity index (χ3v) is 5.91. The minimum absolute atomic E-state index is 0.0429. The van der Waals surface area contributed by atoms with E-state index in [0.29, 0.717) is 55.1 Å². The lowest BCUT2D eigenvalue weighted by Crippen LogP contribution is -2.43. The summed E-state index contributed by atoms with van der Waals surface area (Å²) in [6.45, 7) is 11.7. The number of benzene rings is 2. The van der Waals surface area contributed by atoms with Crippen LogP contribution in [0.5, 0.6) is 11.5 Å². The van der Waals surface area contributed by atoms with E-state index in [1.165, 1.54) is 6.08 Å². The van der Waals surface area contributed by atoms with E-state index in [4.69, 9.17) is 14.2 Å². The lowest BCUT2D eigenvalue weighted by molar-refractivity contribution is 0.0549. The Labute approximate surface area is 218 Å². The highest BCUT2D eigenvalue weighted by molar-refractivity contribution is 5.94. The van der Waals surface area contributed by atoms with Gasteiger partial charge >= 0.3 is 12.1 Å². The molecule has 1 aliphatic rings. The number of nitrogens with one attached hydrogen (secondary N) is 1. The molecule has 198 valence electrons. The van der Waals surface area contributed by atoms with Gasteiger partial charge in [0.05, 0.1) is 5.56 Å². The quantitative estimate of drug-likeness (QED) is 0.368. The summed E-state index contributed by atoms with van der Waals surface area (Å²) in [7, 11) is 0. The summed E-state index contributed by atoms with van der Waals surface area (Å²) in [6, 6.07) is 13.4. The van der Waals surface area contributed by atoms with Crippen molar-refractivity contribution in [1.82, 2.24) is 10.2 Å². The summed E-state index contributed by atoms with van der Waals surface area (Å²) in [6.07, 6.45) is 3.25. The van der Waals surface area contributed by atoms with Crippen molar-refractivity contribution in [3.05, 3.63) is 72.3 Å². The van der Waals surface area contributed by atoms with Gasteiger partial charge in [-0.15, -0.1) is 0 Å². The zero-order valence-corrected chi connectivity index (χ0v) is 21.8. The fourth-order valence-corrected chi connectivity index (χ4v) is 3.73. The molecule has 3 rings (SSSR count). The molecule has 0 atom stereocenters. The summed E-state index contributed by atoms with van der Waals surface area (Å²) in [5, 5.41) is 2.91. The molecule has 1 heterocycles. The maximum Gasteiger partial charge on any atom is 0.415 e. The van der Waals surface area contributed by atoms with Gasteiger partial charge in [-0.1, -0.05) is 33.4 Å². The van der Waals surface area contributed by atoms with Crippen LogP contribution in [0.25, 0.3) is 0 Å². The molecule has 1 fully saturated rings. The molecule has 2 amide bonds. The molecular formula is C29H36N2O6. The van der Waals surface area contributed by atoms with Crippen LogP contribution in [0.3, 0.4) is 0 Å². The van der Waals surface area contributed by atoms with Crippen LogP contribution in [0.1, 0.15) is 60.7 Å². The van der Waals surface area contributed by atoms with Crippen LogP contribution in [-0.4, -0.2) is 55.2 Å². The van der Waals surface area contributed by atoms with Crippen LogP contribution < -0.4 is 14.8 Å². The average molecular weight is 509 g/mol. The van der Waals surface area contributed by atoms with Crippen LogP contribution in [0.15, 0.2) is 61.2 Å². The Morgan fingerprint density at radius 3 is 2.16 bits per heavy atom. The van der Waals surface area contributed by atoms with Gasteiger partial charge in [-0.25, -0.2) is 9.59 Å². The summed E-state index contributed by atoms with van der Waals surface area (Å²) in [4.78, 5) is 38.4. The number of nitrogens with zero attached hydrogens (tertiary/aromatic N) is 1. The van der Waals surface area contributed by atoms with Crippen LogP contribution in [0, 0.1) is 5.41 Å². The number of rotatable bonds is 9. The van der Waals surface area contributed by atoms with Crippen molar-refractivity contribution in [3.8, 4) is 11.5 Å². The lowest BCUT2D eigenvalue weighted by atomic mass is 9.92. The first-order valence-corrected chi connectivity index (χ1v) is 12.5. The Hall–Kier alpha value is -3.81. The zero-order chi connectivity index (χ0) is 26.8. The number of esters is 1. The van der Waals surface area contributed by atoms with Gasteiger partial charge in [-0.3, -0.25) is 4.79 Å². The van der Waals surface area contributed by atoms with Crippen molar-refractivity contribution in [2.45, 2.75) is 46.1 Å². The first-order valence-electron chi connectivity index (χ1n) is 12.5. The van der Waals surface area contributed by atoms with E-state index in [1.807, 2.05) is 0 Å². The number of ether oxygens (including phenoxy) is 3. The van der Waals surface area contributed by atoms with Gasteiger partial charge in [0.25, 0.3) is 5.91 Å². The molecule has 2 aromatic carbocycles. The molecule has 2 aromatic rings. The first-order chi connectivity index (χ1) is 17.6. The van der Waals surface area contributed by atoms with Crippen molar-refractivity contribution in [2.24, 2.45) is 5.41 Å². The van der Waals surface area contributed by atoms with Gasteiger partial charge in [0, 0.05) is 38.0 Å². The number of carbonyl (C=O) groups is 3. The molecule has 1 N–H and O–H groups in total. The Kier molecular flexibility index (Phi) is 9.71. The van der Waals surface area contributed by atoms with Crippen LogP contribution in [-0.2, 0) is 4.74 Å². The first kappa shape index (κ1) is 27.8. The number of amides is 2. The number of piperidine rings is 1. The van der Waals surface area contributed by atoms with Crippen molar-refractivity contribution in [3.63, 3.8) is 0 Å². The SMILES string of the molecule is C=CCOC(=O)c1ccc(OC2CCN(C(=O)Oc3ccc(C(=O)NCCC(C)(C)C)cc3)CC2)cc1. The molecule has 0 saturated carbocycles. The highest BCUT2D eigenvalue weighted by Crippen LogP contribution is 2.22. The van der Waals surface area contributed by atoms with Gasteiger partial charge in [0.2, 0.25) is 0 Å². The number of hydrogen-bond donors (Lipinski definition) is 1. The predicted octanol–water partition coefficient (Wildman–Crippen LogP) is 5.24. The predicted molar refractivity (Wildman–Crippen MR) is 141 cm³/mol. The van der Waals surface area contributed by atoms with E-state index in [-0.39, 0.29) is 24.0 Å². The zero-order valence-electron chi connectivity index (χ0n) is 21.8. The maximum absolute atomic E-state index is 12.6. The number of likely N-dealkylation sites (tertiary alicyclic amines) is 1. The van der Waals surface area contributed by atoms with Crippen molar-refractivity contribution < 1.29 is 28.6 Å². The molecule has 0 bridgehead atoms. The van der Waals surface area contributed by atoms with Gasteiger partial charge in [-0.05, 0) is 60.4 Å². The standard InChI is InChI=1S/C29H36N2O6/c1-5-20-35-27(33)22-8-12-23(13-9-22)36-25-14-18-31(19-15-25)28(34)37-24-10-6-21(7-11-24)26(32)30-17-16-29(2,3)4/h5-13,25H,1,14-20H2,2-4H3,(H,30,32). The van der Waals surface area contributed by atoms with Gasteiger partial charge in [0.1, 0.15) is 24.2 Å². The van der Waals surface area contributed by atoms with Gasteiger partial charge < -0.3 is 24.4 Å². The Morgan fingerprint density at radius 2 is 1.57 bits per heavy atom. The molecular weight excluding hydrogens is 472 g/mol. The monoisotopic (exact) mass is 508 g/mol. The van der Waals surface area contributed by atoms with Gasteiger partial charge in [0.15, 0.2) is 0 Å². The molecule has 0 spiro atoms. The smallest absolute Gasteiger partial charge is 0.415 e. The fourth-order valence-electron chi connectivity index (χ4n) is 3.73. The lowest BCUT2D eigenvalue weighted by Gasteiger charge is -2.31. The molecule has 0 unspecified atom stereocenters. The highest BCUT2D eigenvalue weighted by atomic mass is 16.6. The molecule has 8 heteroatoms. The Bertz CT molecular complexity index is 1070. The highest BCUT2D eigenvalue weighted by Gasteiger charge is 2.25. The second-order valence-corrected chi connectivity index (χ2v) is 10.2. The normalized spacial score (nSPS) is 14.0. The van der Waals surface area contributed by atoms with Crippen molar-refractivity contribution in [2.75, 3.05) is 26.2 Å². The molecule has 8 nitrogen and oxygen atoms in total. The van der Waals surface area contributed by atoms with Crippen LogP contribution in [0.2, 0.25) is 0 Å². The van der Waals surface area contributed by atoms with Crippen molar-refractivity contribution in [1.29, 1.82) is 0 Å². The Balaban J connectivity index is 1.41. The maximum atomic E-state index is 12.6. The van der Waals surface area contributed by atoms with E-state index in [9.17, 15) is 14.4 Å². The molecule has 0 radical (unpaired) electrons. The molecule has 1 aliphatic heterocycles. The van der Waals surface area contributed by atoms with Crippen LogP contribution >= 0.6 is 0 Å². The minimum Gasteiger partial charge on any atom is -0.490 e.